The molecule has 18 heavy (non-hydrogen) atoms. The lowest BCUT2D eigenvalue weighted by atomic mass is 9.82. The van der Waals surface area contributed by atoms with Gasteiger partial charge in [0.05, 0.1) is 5.92 Å². The number of hydrogen-bond acceptors (Lipinski definition) is 3. The first-order valence-electron chi connectivity index (χ1n) is 7.29. The first kappa shape index (κ1) is 13.8. The van der Waals surface area contributed by atoms with Gasteiger partial charge in [-0.3, -0.25) is 4.79 Å². The minimum atomic E-state index is -0.609. The molecule has 0 aromatic heterocycles. The summed E-state index contributed by atoms with van der Waals surface area (Å²) >= 11 is 0. The second-order valence-corrected chi connectivity index (χ2v) is 5.70. The smallest absolute Gasteiger partial charge is 0.306 e. The summed E-state index contributed by atoms with van der Waals surface area (Å²) in [5.74, 6) is -0.0281. The molecule has 0 aromatic rings. The van der Waals surface area contributed by atoms with Crippen molar-refractivity contribution in [1.29, 1.82) is 0 Å². The van der Waals surface area contributed by atoms with E-state index in [2.05, 4.69) is 5.32 Å². The summed E-state index contributed by atoms with van der Waals surface area (Å²) in [5, 5.41) is 12.6. The van der Waals surface area contributed by atoms with E-state index in [0.29, 0.717) is 12.0 Å². The van der Waals surface area contributed by atoms with E-state index in [1.807, 2.05) is 0 Å². The molecule has 0 spiro atoms. The molecule has 2 fully saturated rings. The van der Waals surface area contributed by atoms with Gasteiger partial charge in [-0.25, -0.2) is 0 Å². The molecule has 1 saturated heterocycles. The second-order valence-electron chi connectivity index (χ2n) is 5.70. The van der Waals surface area contributed by atoms with E-state index >= 15 is 0 Å². The van der Waals surface area contributed by atoms with E-state index in [1.54, 1.807) is 0 Å². The van der Waals surface area contributed by atoms with E-state index in [1.165, 1.54) is 6.42 Å². The molecule has 1 aliphatic carbocycles. The third-order valence-electron chi connectivity index (χ3n) is 4.34. The van der Waals surface area contributed by atoms with Crippen molar-refractivity contribution < 1.29 is 14.6 Å². The third-order valence-corrected chi connectivity index (χ3v) is 4.34. The highest BCUT2D eigenvalue weighted by atomic mass is 16.5. The fourth-order valence-corrected chi connectivity index (χ4v) is 3.05. The lowest BCUT2D eigenvalue weighted by molar-refractivity contribution is -0.143. The largest absolute Gasteiger partial charge is 0.481 e. The molecule has 1 unspecified atom stereocenters. The number of carbonyl (C=O) groups is 1. The average molecular weight is 255 g/mol. The molecule has 1 aliphatic heterocycles. The number of carboxylic acid groups (broad SMARTS) is 1. The van der Waals surface area contributed by atoms with Crippen molar-refractivity contribution in [2.45, 2.75) is 51.0 Å². The van der Waals surface area contributed by atoms with Crippen LogP contribution in [0.1, 0.15) is 44.9 Å². The molecule has 104 valence electrons. The molecule has 0 amide bonds. The summed E-state index contributed by atoms with van der Waals surface area (Å²) < 4.78 is 5.45. The monoisotopic (exact) mass is 255 g/mol. The molecule has 4 nitrogen and oxygen atoms in total. The summed E-state index contributed by atoms with van der Waals surface area (Å²) in [5.41, 5.74) is 0. The van der Waals surface area contributed by atoms with Gasteiger partial charge in [0.2, 0.25) is 0 Å². The Kier molecular flexibility index (Phi) is 5.45. The maximum absolute atomic E-state index is 10.9. The van der Waals surface area contributed by atoms with Crippen LogP contribution < -0.4 is 5.32 Å². The van der Waals surface area contributed by atoms with Gasteiger partial charge in [0.1, 0.15) is 0 Å². The normalized spacial score (nSPS) is 33.9. The Morgan fingerprint density at radius 1 is 1.11 bits per heavy atom. The molecule has 0 aromatic carbocycles. The molecular formula is C14H25NO3. The Morgan fingerprint density at radius 3 is 2.61 bits per heavy atom. The maximum atomic E-state index is 10.9. The maximum Gasteiger partial charge on any atom is 0.306 e. The third kappa shape index (κ3) is 4.25. The van der Waals surface area contributed by atoms with Crippen molar-refractivity contribution in [3.05, 3.63) is 0 Å². The van der Waals surface area contributed by atoms with Crippen LogP contribution in [0.3, 0.4) is 0 Å². The number of rotatable bonds is 4. The summed E-state index contributed by atoms with van der Waals surface area (Å²) in [6, 6.07) is 0.602. The van der Waals surface area contributed by atoms with Crippen molar-refractivity contribution in [2.75, 3.05) is 19.8 Å². The van der Waals surface area contributed by atoms with Crippen molar-refractivity contribution in [3.8, 4) is 0 Å². The highest BCUT2D eigenvalue weighted by Crippen LogP contribution is 2.28. The molecule has 2 aliphatic rings. The van der Waals surface area contributed by atoms with Crippen LogP contribution in [0.4, 0.5) is 0 Å². The first-order valence-corrected chi connectivity index (χ1v) is 7.29. The quantitative estimate of drug-likeness (QED) is 0.807. The predicted octanol–water partition coefficient (Wildman–Crippen LogP) is 2.04. The van der Waals surface area contributed by atoms with Crippen LogP contribution in [-0.4, -0.2) is 36.9 Å². The van der Waals surface area contributed by atoms with Crippen molar-refractivity contribution in [1.82, 2.24) is 5.32 Å². The zero-order valence-corrected chi connectivity index (χ0v) is 11.1. The lowest BCUT2D eigenvalue weighted by Crippen LogP contribution is -2.35. The summed E-state index contributed by atoms with van der Waals surface area (Å²) in [7, 11) is 0. The van der Waals surface area contributed by atoms with Gasteiger partial charge in [-0.05, 0) is 57.4 Å². The Labute approximate surface area is 109 Å². The van der Waals surface area contributed by atoms with E-state index in [0.717, 1.165) is 58.3 Å². The van der Waals surface area contributed by atoms with Crippen molar-refractivity contribution in [2.24, 2.45) is 11.8 Å². The van der Waals surface area contributed by atoms with Crippen LogP contribution in [0.5, 0.6) is 0 Å². The van der Waals surface area contributed by atoms with Crippen LogP contribution in [0.25, 0.3) is 0 Å². The zero-order chi connectivity index (χ0) is 12.8. The predicted molar refractivity (Wildman–Crippen MR) is 69.5 cm³/mol. The standard InChI is InChI=1S/C14H25NO3/c16-14(17)12-5-3-11(4-6-12)10-15-13-2-1-8-18-9-7-13/h11-13,15H,1-10H2,(H,16,17). The summed E-state index contributed by atoms with van der Waals surface area (Å²) in [4.78, 5) is 10.9. The molecule has 4 heteroatoms. The van der Waals surface area contributed by atoms with Gasteiger partial charge in [0.25, 0.3) is 0 Å². The zero-order valence-electron chi connectivity index (χ0n) is 11.1. The molecule has 0 radical (unpaired) electrons. The van der Waals surface area contributed by atoms with E-state index in [-0.39, 0.29) is 5.92 Å². The van der Waals surface area contributed by atoms with Gasteiger partial charge >= 0.3 is 5.97 Å². The minimum Gasteiger partial charge on any atom is -0.481 e. The highest BCUT2D eigenvalue weighted by Gasteiger charge is 2.26. The van der Waals surface area contributed by atoms with Crippen LogP contribution in [0.15, 0.2) is 0 Å². The number of nitrogens with one attached hydrogen (secondary N) is 1. The molecule has 2 rings (SSSR count). The van der Waals surface area contributed by atoms with Gasteiger partial charge in [0, 0.05) is 19.3 Å². The fourth-order valence-electron chi connectivity index (χ4n) is 3.05. The Morgan fingerprint density at radius 2 is 1.89 bits per heavy atom. The van der Waals surface area contributed by atoms with Gasteiger partial charge < -0.3 is 15.2 Å². The van der Waals surface area contributed by atoms with Crippen LogP contribution in [-0.2, 0) is 9.53 Å². The van der Waals surface area contributed by atoms with E-state index < -0.39 is 5.97 Å². The van der Waals surface area contributed by atoms with Gasteiger partial charge in [-0.15, -0.1) is 0 Å². The fraction of sp³-hybridized carbons (Fsp3) is 0.929. The van der Waals surface area contributed by atoms with E-state index in [4.69, 9.17) is 9.84 Å². The summed E-state index contributed by atoms with van der Waals surface area (Å²) in [6.45, 7) is 2.84. The number of carboxylic acids is 1. The number of hydrogen-bond donors (Lipinski definition) is 2. The molecule has 1 atom stereocenters. The van der Waals surface area contributed by atoms with Crippen LogP contribution in [0, 0.1) is 11.8 Å². The first-order chi connectivity index (χ1) is 8.75. The SMILES string of the molecule is O=C(O)C1CCC(CNC2CCCOCC2)CC1. The second kappa shape index (κ2) is 7.10. The van der Waals surface area contributed by atoms with Gasteiger partial charge in [0.15, 0.2) is 0 Å². The van der Waals surface area contributed by atoms with Gasteiger partial charge in [-0.2, -0.15) is 0 Å². The Hall–Kier alpha value is -0.610. The minimum absolute atomic E-state index is 0.0902. The molecule has 1 heterocycles. The van der Waals surface area contributed by atoms with Gasteiger partial charge in [-0.1, -0.05) is 0 Å². The van der Waals surface area contributed by atoms with Crippen LogP contribution >= 0.6 is 0 Å². The number of aliphatic carboxylic acids is 1. The lowest BCUT2D eigenvalue weighted by Gasteiger charge is -2.28. The highest BCUT2D eigenvalue weighted by molar-refractivity contribution is 5.69. The average Bonchev–Trinajstić information content (AvgIpc) is 2.65. The van der Waals surface area contributed by atoms with E-state index in [9.17, 15) is 4.79 Å². The van der Waals surface area contributed by atoms with Crippen molar-refractivity contribution in [3.63, 3.8) is 0 Å². The van der Waals surface area contributed by atoms with Crippen LogP contribution in [0.2, 0.25) is 0 Å². The molecule has 1 saturated carbocycles. The Bertz CT molecular complexity index is 254. The molecule has 2 N–H and O–H groups in total. The number of ether oxygens (including phenoxy) is 1. The molecule has 0 bridgehead atoms. The van der Waals surface area contributed by atoms with Crippen molar-refractivity contribution >= 4 is 5.97 Å². The Balaban J connectivity index is 1.64. The molecular weight excluding hydrogens is 230 g/mol. The summed E-state index contributed by atoms with van der Waals surface area (Å²) in [6.07, 6.45) is 7.32. The topological polar surface area (TPSA) is 58.6 Å².